The van der Waals surface area contributed by atoms with E-state index < -0.39 is 0 Å². The summed E-state index contributed by atoms with van der Waals surface area (Å²) in [4.78, 5) is 34.0. The van der Waals surface area contributed by atoms with Gasteiger partial charge in [0.1, 0.15) is 6.04 Å². The predicted octanol–water partition coefficient (Wildman–Crippen LogP) is 2.16. The van der Waals surface area contributed by atoms with E-state index in [0.717, 1.165) is 35.2 Å². The number of aromatic nitrogens is 1. The quantitative estimate of drug-likeness (QED) is 0.733. The lowest BCUT2D eigenvalue weighted by atomic mass is 10.0. The fraction of sp³-hybridized carbons (Fsp3) is 0.261. The minimum absolute atomic E-state index is 0.0165. The molecule has 2 fully saturated rings. The summed E-state index contributed by atoms with van der Waals surface area (Å²) in [6.07, 6.45) is 0. The van der Waals surface area contributed by atoms with Crippen molar-refractivity contribution in [2.45, 2.75) is 6.04 Å². The third-order valence-corrected chi connectivity index (χ3v) is 5.78. The van der Waals surface area contributed by atoms with Gasteiger partial charge in [0.25, 0.3) is 5.91 Å². The molecule has 2 saturated heterocycles. The van der Waals surface area contributed by atoms with Crippen LogP contribution in [0.1, 0.15) is 10.4 Å². The van der Waals surface area contributed by atoms with Crippen molar-refractivity contribution >= 4 is 22.7 Å². The number of fused-ring (bicyclic) bond motifs is 2. The molecule has 2 aliphatic heterocycles. The lowest BCUT2D eigenvalue weighted by Crippen LogP contribution is -2.64. The van der Waals surface area contributed by atoms with Gasteiger partial charge in [0.15, 0.2) is 0 Å². The van der Waals surface area contributed by atoms with E-state index in [-0.39, 0.29) is 17.9 Å². The van der Waals surface area contributed by atoms with E-state index in [1.54, 1.807) is 4.90 Å². The zero-order valence-corrected chi connectivity index (χ0v) is 16.0. The number of hydrogen-bond acceptors (Lipinski definition) is 4. The van der Waals surface area contributed by atoms with Gasteiger partial charge in [-0.3, -0.25) is 14.5 Å². The van der Waals surface area contributed by atoms with Crippen LogP contribution in [0.5, 0.6) is 0 Å². The molecule has 5 rings (SSSR count). The smallest absolute Gasteiger partial charge is 0.253 e. The zero-order valence-electron chi connectivity index (χ0n) is 16.0. The molecule has 0 radical (unpaired) electrons. The summed E-state index contributed by atoms with van der Waals surface area (Å²) in [7, 11) is 0. The van der Waals surface area contributed by atoms with Gasteiger partial charge in [-0.05, 0) is 24.3 Å². The summed E-state index contributed by atoms with van der Waals surface area (Å²) in [5.74, 6) is -0.0199. The number of piperazine rings is 2. The van der Waals surface area contributed by atoms with Crippen molar-refractivity contribution < 1.29 is 9.59 Å². The van der Waals surface area contributed by atoms with E-state index in [4.69, 9.17) is 4.98 Å². The van der Waals surface area contributed by atoms with E-state index in [0.29, 0.717) is 25.2 Å². The maximum Gasteiger partial charge on any atom is 0.253 e. The van der Waals surface area contributed by atoms with Gasteiger partial charge in [-0.25, -0.2) is 4.98 Å². The fourth-order valence-corrected chi connectivity index (χ4v) is 4.18. The van der Waals surface area contributed by atoms with Crippen LogP contribution in [0.3, 0.4) is 0 Å². The molecule has 3 aromatic rings. The average Bonchev–Trinajstić information content (AvgIpc) is 2.78. The first-order valence-electron chi connectivity index (χ1n) is 9.96. The van der Waals surface area contributed by atoms with Gasteiger partial charge in [-0.15, -0.1) is 0 Å². The number of hydrogen-bond donors (Lipinski definition) is 1. The first-order chi connectivity index (χ1) is 14.2. The van der Waals surface area contributed by atoms with Crippen LogP contribution in [0, 0.1) is 0 Å². The highest BCUT2D eigenvalue weighted by atomic mass is 16.2. The molecule has 0 bridgehead atoms. The largest absolute Gasteiger partial charge is 0.353 e. The van der Waals surface area contributed by atoms with Gasteiger partial charge in [0, 0.05) is 49.2 Å². The topological polar surface area (TPSA) is 65.5 Å². The number of carbonyl (C=O) groups is 2. The second-order valence-corrected chi connectivity index (χ2v) is 7.56. The summed E-state index contributed by atoms with van der Waals surface area (Å²) in [5, 5.41) is 3.99. The number of amides is 2. The molecule has 0 spiro atoms. The van der Waals surface area contributed by atoms with E-state index in [1.165, 1.54) is 0 Å². The molecule has 146 valence electrons. The standard InChI is InChI=1S/C23H22N4O2/c28-22-21-15-27(13-12-26(21)11-10-24-22)23(29)18-6-3-5-17(14-18)20-9-8-16-4-1-2-7-19(16)25-20/h1-9,14,21H,10-13,15H2,(H,24,28)/t21-/m0/s1. The maximum absolute atomic E-state index is 13.1. The van der Waals surface area contributed by atoms with E-state index >= 15 is 0 Å². The summed E-state index contributed by atoms with van der Waals surface area (Å²) in [6.45, 7) is 3.34. The Hall–Kier alpha value is -3.25. The number of nitrogens with one attached hydrogen (secondary N) is 1. The number of rotatable bonds is 2. The van der Waals surface area contributed by atoms with Crippen LogP contribution in [0.4, 0.5) is 0 Å². The molecule has 0 aliphatic carbocycles. The SMILES string of the molecule is O=C1NCCN2CCN(C(=O)c3cccc(-c4ccc5ccccc5n4)c3)C[C@@H]12. The Labute approximate surface area is 169 Å². The molecule has 0 saturated carbocycles. The monoisotopic (exact) mass is 386 g/mol. The first-order valence-corrected chi connectivity index (χ1v) is 9.96. The highest BCUT2D eigenvalue weighted by Gasteiger charge is 2.36. The fourth-order valence-electron chi connectivity index (χ4n) is 4.18. The van der Waals surface area contributed by atoms with Crippen LogP contribution < -0.4 is 5.32 Å². The third-order valence-electron chi connectivity index (χ3n) is 5.78. The van der Waals surface area contributed by atoms with Gasteiger partial charge in [0.2, 0.25) is 5.91 Å². The first kappa shape index (κ1) is 17.8. The summed E-state index contributed by atoms with van der Waals surface area (Å²) < 4.78 is 0. The summed E-state index contributed by atoms with van der Waals surface area (Å²) in [5.41, 5.74) is 3.31. The van der Waals surface area contributed by atoms with Crippen molar-refractivity contribution in [3.63, 3.8) is 0 Å². The molecule has 1 atom stereocenters. The number of carbonyl (C=O) groups excluding carboxylic acids is 2. The van der Waals surface area contributed by atoms with Crippen LogP contribution in [0.15, 0.2) is 60.7 Å². The minimum Gasteiger partial charge on any atom is -0.353 e. The molecule has 6 nitrogen and oxygen atoms in total. The number of pyridine rings is 1. The van der Waals surface area contributed by atoms with E-state index in [1.807, 2.05) is 60.7 Å². The second-order valence-electron chi connectivity index (χ2n) is 7.56. The van der Waals surface area contributed by atoms with Crippen molar-refractivity contribution in [1.82, 2.24) is 20.1 Å². The normalized spacial score (nSPS) is 19.7. The lowest BCUT2D eigenvalue weighted by molar-refractivity contribution is -0.131. The number of nitrogens with zero attached hydrogens (tertiary/aromatic N) is 3. The van der Waals surface area contributed by atoms with Crippen molar-refractivity contribution in [3.05, 3.63) is 66.2 Å². The number of benzene rings is 2. The average molecular weight is 386 g/mol. The van der Waals surface area contributed by atoms with Crippen LogP contribution in [-0.2, 0) is 4.79 Å². The highest BCUT2D eigenvalue weighted by molar-refractivity contribution is 5.96. The van der Waals surface area contributed by atoms with Crippen LogP contribution in [0.2, 0.25) is 0 Å². The van der Waals surface area contributed by atoms with Gasteiger partial charge >= 0.3 is 0 Å². The molecule has 0 unspecified atom stereocenters. The molecule has 2 aromatic carbocycles. The molecule has 1 aromatic heterocycles. The molecule has 1 N–H and O–H groups in total. The van der Waals surface area contributed by atoms with Crippen molar-refractivity contribution in [2.24, 2.45) is 0 Å². The van der Waals surface area contributed by atoms with Crippen LogP contribution in [0.25, 0.3) is 22.2 Å². The Morgan fingerprint density at radius 1 is 1.00 bits per heavy atom. The molecule has 6 heteroatoms. The maximum atomic E-state index is 13.1. The molecule has 29 heavy (non-hydrogen) atoms. The van der Waals surface area contributed by atoms with Gasteiger partial charge < -0.3 is 10.2 Å². The Bertz CT molecular complexity index is 1100. The van der Waals surface area contributed by atoms with E-state index in [9.17, 15) is 9.59 Å². The molecular formula is C23H22N4O2. The molecule has 3 heterocycles. The minimum atomic E-state index is -0.244. The summed E-state index contributed by atoms with van der Waals surface area (Å²) >= 11 is 0. The lowest BCUT2D eigenvalue weighted by Gasteiger charge is -2.43. The van der Waals surface area contributed by atoms with Gasteiger partial charge in [0.05, 0.1) is 11.2 Å². The Kier molecular flexibility index (Phi) is 4.48. The van der Waals surface area contributed by atoms with Crippen molar-refractivity contribution in [1.29, 1.82) is 0 Å². The Morgan fingerprint density at radius 3 is 2.83 bits per heavy atom. The van der Waals surface area contributed by atoms with Crippen LogP contribution in [-0.4, -0.2) is 65.4 Å². The number of para-hydroxylation sites is 1. The Balaban J connectivity index is 1.40. The molecular weight excluding hydrogens is 364 g/mol. The molecule has 2 aliphatic rings. The highest BCUT2D eigenvalue weighted by Crippen LogP contribution is 2.23. The van der Waals surface area contributed by atoms with Crippen molar-refractivity contribution in [2.75, 3.05) is 32.7 Å². The van der Waals surface area contributed by atoms with Crippen LogP contribution >= 0.6 is 0 Å². The second kappa shape index (κ2) is 7.29. The zero-order chi connectivity index (χ0) is 19.8. The molecule has 2 amide bonds. The summed E-state index contributed by atoms with van der Waals surface area (Å²) in [6, 6.07) is 19.4. The predicted molar refractivity (Wildman–Crippen MR) is 111 cm³/mol. The van der Waals surface area contributed by atoms with E-state index in [2.05, 4.69) is 10.2 Å². The van der Waals surface area contributed by atoms with Gasteiger partial charge in [-0.1, -0.05) is 36.4 Å². The van der Waals surface area contributed by atoms with Crippen molar-refractivity contribution in [3.8, 4) is 11.3 Å². The Morgan fingerprint density at radius 2 is 1.90 bits per heavy atom. The van der Waals surface area contributed by atoms with Gasteiger partial charge in [-0.2, -0.15) is 0 Å². The third kappa shape index (κ3) is 3.36.